The Morgan fingerprint density at radius 1 is 1.27 bits per heavy atom. The minimum absolute atomic E-state index is 0.471. The maximum Gasteiger partial charge on any atom is 0.214 e. The van der Waals surface area contributed by atoms with Gasteiger partial charge in [-0.25, -0.2) is 9.97 Å². The third kappa shape index (κ3) is 4.49. The molecule has 0 radical (unpaired) electrons. The van der Waals surface area contributed by atoms with Crippen LogP contribution >= 0.6 is 11.3 Å². The summed E-state index contributed by atoms with van der Waals surface area (Å²) in [6.07, 6.45) is 1.76. The molecule has 1 aromatic carbocycles. The molecule has 136 valence electrons. The molecule has 0 amide bonds. The number of hydrogen-bond acceptors (Lipinski definition) is 5. The number of nitrogens with zero attached hydrogens (tertiary/aromatic N) is 4. The molecule has 0 aliphatic rings. The molecule has 1 N–H and O–H groups in total. The quantitative estimate of drug-likeness (QED) is 0.550. The molecular formula is C19H23N5OS. The minimum Gasteiger partial charge on any atom is -0.439 e. The molecule has 0 aliphatic carbocycles. The van der Waals surface area contributed by atoms with Gasteiger partial charge < -0.3 is 14.6 Å². The average Bonchev–Trinajstić information content (AvgIpc) is 3.25. The zero-order valence-corrected chi connectivity index (χ0v) is 16.3. The van der Waals surface area contributed by atoms with Crippen molar-refractivity contribution in [3.63, 3.8) is 0 Å². The first-order valence-corrected chi connectivity index (χ1v) is 9.27. The number of aryl methyl sites for hydroxylation is 2. The standard InChI is InChI=1S/C19H23N5OS/c1-13-5-7-15(8-6-13)17-9-21-18(25-17)10-22-19(20-3)24(4)11-16-12-26-14(2)23-16/h5-9,12H,10-11H2,1-4H3,(H,20,22). The lowest BCUT2D eigenvalue weighted by Gasteiger charge is -2.20. The summed E-state index contributed by atoms with van der Waals surface area (Å²) >= 11 is 1.65. The van der Waals surface area contributed by atoms with Gasteiger partial charge in [-0.05, 0) is 13.8 Å². The molecule has 0 saturated carbocycles. The van der Waals surface area contributed by atoms with Gasteiger partial charge >= 0.3 is 0 Å². The second-order valence-corrected chi connectivity index (χ2v) is 7.16. The van der Waals surface area contributed by atoms with Crippen LogP contribution in [0.3, 0.4) is 0 Å². The molecule has 0 unspecified atom stereocenters. The average molecular weight is 369 g/mol. The second kappa shape index (κ2) is 8.14. The van der Waals surface area contributed by atoms with Gasteiger partial charge in [0.1, 0.15) is 0 Å². The molecule has 26 heavy (non-hydrogen) atoms. The smallest absolute Gasteiger partial charge is 0.214 e. The number of nitrogens with one attached hydrogen (secondary N) is 1. The fraction of sp³-hybridized carbons (Fsp3) is 0.316. The summed E-state index contributed by atoms with van der Waals surface area (Å²) in [7, 11) is 3.75. The molecule has 7 heteroatoms. The lowest BCUT2D eigenvalue weighted by Crippen LogP contribution is -2.38. The molecule has 2 heterocycles. The van der Waals surface area contributed by atoms with Crippen LogP contribution in [-0.4, -0.2) is 34.9 Å². The number of rotatable bonds is 5. The number of hydrogen-bond donors (Lipinski definition) is 1. The third-order valence-corrected chi connectivity index (χ3v) is 4.75. The molecule has 0 fully saturated rings. The fourth-order valence-electron chi connectivity index (χ4n) is 2.58. The Morgan fingerprint density at radius 3 is 2.69 bits per heavy atom. The Labute approximate surface area is 157 Å². The Kier molecular flexibility index (Phi) is 5.68. The van der Waals surface area contributed by atoms with E-state index in [9.17, 15) is 0 Å². The summed E-state index contributed by atoms with van der Waals surface area (Å²) < 4.78 is 5.85. The van der Waals surface area contributed by atoms with Gasteiger partial charge in [-0.2, -0.15) is 0 Å². The number of aliphatic imine (C=N–C) groups is 1. The minimum atomic E-state index is 0.471. The fourth-order valence-corrected chi connectivity index (χ4v) is 3.19. The van der Waals surface area contributed by atoms with Gasteiger partial charge in [0.2, 0.25) is 5.89 Å². The van der Waals surface area contributed by atoms with Gasteiger partial charge in [-0.15, -0.1) is 11.3 Å². The van der Waals surface area contributed by atoms with E-state index in [4.69, 9.17) is 4.42 Å². The van der Waals surface area contributed by atoms with Crippen LogP contribution < -0.4 is 5.32 Å². The van der Waals surface area contributed by atoms with Gasteiger partial charge in [0, 0.05) is 25.0 Å². The highest BCUT2D eigenvalue weighted by Gasteiger charge is 2.11. The van der Waals surface area contributed by atoms with Crippen molar-refractivity contribution in [3.05, 3.63) is 58.0 Å². The molecule has 3 aromatic rings. The highest BCUT2D eigenvalue weighted by atomic mass is 32.1. The molecule has 0 saturated heterocycles. The van der Waals surface area contributed by atoms with Gasteiger partial charge in [-0.1, -0.05) is 29.8 Å². The summed E-state index contributed by atoms with van der Waals surface area (Å²) in [5, 5.41) is 6.42. The predicted octanol–water partition coefficient (Wildman–Crippen LogP) is 3.62. The lowest BCUT2D eigenvalue weighted by molar-refractivity contribution is 0.453. The van der Waals surface area contributed by atoms with Crippen molar-refractivity contribution in [2.24, 2.45) is 4.99 Å². The maximum absolute atomic E-state index is 5.85. The largest absolute Gasteiger partial charge is 0.439 e. The van der Waals surface area contributed by atoms with Crippen molar-refractivity contribution >= 4 is 17.3 Å². The topological polar surface area (TPSA) is 66.6 Å². The maximum atomic E-state index is 5.85. The van der Waals surface area contributed by atoms with Crippen molar-refractivity contribution in [3.8, 4) is 11.3 Å². The van der Waals surface area contributed by atoms with Crippen LogP contribution in [0.25, 0.3) is 11.3 Å². The predicted molar refractivity (Wildman–Crippen MR) is 105 cm³/mol. The summed E-state index contributed by atoms with van der Waals surface area (Å²) in [6, 6.07) is 8.20. The van der Waals surface area contributed by atoms with Crippen LogP contribution in [0.4, 0.5) is 0 Å². The molecule has 0 aliphatic heterocycles. The van der Waals surface area contributed by atoms with Gasteiger partial charge in [0.25, 0.3) is 0 Å². The van der Waals surface area contributed by atoms with E-state index in [1.54, 1.807) is 24.6 Å². The van der Waals surface area contributed by atoms with Crippen LogP contribution in [-0.2, 0) is 13.1 Å². The highest BCUT2D eigenvalue weighted by Crippen LogP contribution is 2.20. The molecular weight excluding hydrogens is 346 g/mol. The van der Waals surface area contributed by atoms with Crippen LogP contribution in [0.2, 0.25) is 0 Å². The lowest BCUT2D eigenvalue weighted by atomic mass is 10.1. The first-order valence-electron chi connectivity index (χ1n) is 8.39. The van der Waals surface area contributed by atoms with E-state index >= 15 is 0 Å². The van der Waals surface area contributed by atoms with E-state index in [0.29, 0.717) is 19.0 Å². The summed E-state index contributed by atoms with van der Waals surface area (Å²) in [6.45, 7) is 5.24. The first-order chi connectivity index (χ1) is 12.5. The van der Waals surface area contributed by atoms with Crippen LogP contribution in [0.15, 0.2) is 45.3 Å². The van der Waals surface area contributed by atoms with Crippen molar-refractivity contribution < 1.29 is 4.42 Å². The zero-order valence-electron chi connectivity index (χ0n) is 15.5. The Hall–Kier alpha value is -2.67. The molecule has 0 spiro atoms. The molecule has 6 nitrogen and oxygen atoms in total. The van der Waals surface area contributed by atoms with Crippen molar-refractivity contribution in [2.45, 2.75) is 26.9 Å². The second-order valence-electron chi connectivity index (χ2n) is 6.10. The molecule has 0 atom stereocenters. The number of aromatic nitrogens is 2. The van der Waals surface area contributed by atoms with E-state index in [2.05, 4.69) is 44.7 Å². The van der Waals surface area contributed by atoms with Gasteiger partial charge in [-0.3, -0.25) is 4.99 Å². The van der Waals surface area contributed by atoms with Gasteiger partial charge in [0.15, 0.2) is 11.7 Å². The van der Waals surface area contributed by atoms with Crippen molar-refractivity contribution in [2.75, 3.05) is 14.1 Å². The molecule has 0 bridgehead atoms. The van der Waals surface area contributed by atoms with E-state index in [0.717, 1.165) is 28.0 Å². The van der Waals surface area contributed by atoms with Crippen LogP contribution in [0.5, 0.6) is 0 Å². The summed E-state index contributed by atoms with van der Waals surface area (Å²) in [5.74, 6) is 2.16. The first kappa shape index (κ1) is 18.1. The van der Waals surface area contributed by atoms with Crippen molar-refractivity contribution in [1.82, 2.24) is 20.2 Å². The Bertz CT molecular complexity index is 881. The van der Waals surface area contributed by atoms with E-state index in [1.807, 2.05) is 31.0 Å². The SMILES string of the molecule is CN=C(NCc1ncc(-c2ccc(C)cc2)o1)N(C)Cc1csc(C)n1. The number of oxazole rings is 1. The third-order valence-electron chi connectivity index (χ3n) is 3.93. The zero-order chi connectivity index (χ0) is 18.5. The Balaban J connectivity index is 1.59. The highest BCUT2D eigenvalue weighted by molar-refractivity contribution is 7.09. The molecule has 2 aromatic heterocycles. The van der Waals surface area contributed by atoms with E-state index in [1.165, 1.54) is 5.56 Å². The number of thiazole rings is 1. The molecule has 3 rings (SSSR count). The van der Waals surface area contributed by atoms with Gasteiger partial charge in [0.05, 0.1) is 30.0 Å². The van der Waals surface area contributed by atoms with Crippen LogP contribution in [0.1, 0.15) is 22.2 Å². The Morgan fingerprint density at radius 2 is 2.04 bits per heavy atom. The monoisotopic (exact) mass is 369 g/mol. The summed E-state index contributed by atoms with van der Waals surface area (Å²) in [4.78, 5) is 15.2. The number of guanidine groups is 1. The summed E-state index contributed by atoms with van der Waals surface area (Å²) in [5.41, 5.74) is 3.28. The normalized spacial score (nSPS) is 11.6. The number of benzene rings is 1. The van der Waals surface area contributed by atoms with E-state index < -0.39 is 0 Å². The van der Waals surface area contributed by atoms with Crippen molar-refractivity contribution in [1.29, 1.82) is 0 Å². The van der Waals surface area contributed by atoms with Crippen LogP contribution in [0, 0.1) is 13.8 Å². The van der Waals surface area contributed by atoms with E-state index in [-0.39, 0.29) is 0 Å².